The van der Waals surface area contributed by atoms with Gasteiger partial charge in [0.2, 0.25) is 0 Å². The van der Waals surface area contributed by atoms with Crippen molar-refractivity contribution in [1.29, 1.82) is 0 Å². The zero-order valence-electron chi connectivity index (χ0n) is 16.5. The van der Waals surface area contributed by atoms with E-state index in [0.29, 0.717) is 5.92 Å². The number of aromatic nitrogens is 1. The summed E-state index contributed by atoms with van der Waals surface area (Å²) < 4.78 is 13.7. The second kappa shape index (κ2) is 6.59. The van der Waals surface area contributed by atoms with Gasteiger partial charge in [-0.25, -0.2) is 4.98 Å². The SMILES string of the molecule is CCN1CCC(c2nc3cc(B4OC(C)(C)C(C)(C)O4)ccc3s2)CC1. The fourth-order valence-electron chi connectivity index (χ4n) is 3.76. The van der Waals surface area contributed by atoms with E-state index in [0.717, 1.165) is 17.5 Å². The molecule has 0 saturated carbocycles. The lowest BCUT2D eigenvalue weighted by Crippen LogP contribution is -2.41. The Kier molecular flexibility index (Phi) is 4.67. The Labute approximate surface area is 161 Å². The molecule has 6 heteroatoms. The first-order chi connectivity index (χ1) is 12.3. The van der Waals surface area contributed by atoms with Gasteiger partial charge in [0.05, 0.1) is 26.4 Å². The molecule has 2 aliphatic heterocycles. The molecule has 0 radical (unpaired) electrons. The van der Waals surface area contributed by atoms with Crippen LogP contribution in [0, 0.1) is 0 Å². The van der Waals surface area contributed by atoms with Crippen molar-refractivity contribution in [2.75, 3.05) is 19.6 Å². The van der Waals surface area contributed by atoms with Crippen molar-refractivity contribution in [3.05, 3.63) is 23.2 Å². The van der Waals surface area contributed by atoms with Crippen LogP contribution in [0.3, 0.4) is 0 Å². The lowest BCUT2D eigenvalue weighted by atomic mass is 9.79. The lowest BCUT2D eigenvalue weighted by molar-refractivity contribution is 0.00578. The molecule has 2 aliphatic rings. The Morgan fingerprint density at radius 1 is 1.15 bits per heavy atom. The Balaban J connectivity index is 1.55. The van der Waals surface area contributed by atoms with Gasteiger partial charge in [-0.2, -0.15) is 0 Å². The van der Waals surface area contributed by atoms with Gasteiger partial charge in [0, 0.05) is 5.92 Å². The molecular weight excluding hydrogens is 343 g/mol. The van der Waals surface area contributed by atoms with Gasteiger partial charge < -0.3 is 14.2 Å². The first-order valence-electron chi connectivity index (χ1n) is 9.77. The topological polar surface area (TPSA) is 34.6 Å². The average Bonchev–Trinajstić information content (AvgIpc) is 3.12. The van der Waals surface area contributed by atoms with Crippen molar-refractivity contribution in [2.45, 2.75) is 64.6 Å². The van der Waals surface area contributed by atoms with Crippen LogP contribution in [-0.2, 0) is 9.31 Å². The molecule has 0 N–H and O–H groups in total. The van der Waals surface area contributed by atoms with Crippen LogP contribution in [0.4, 0.5) is 0 Å². The molecule has 1 aromatic carbocycles. The monoisotopic (exact) mass is 372 g/mol. The summed E-state index contributed by atoms with van der Waals surface area (Å²) in [6, 6.07) is 6.46. The van der Waals surface area contributed by atoms with E-state index in [1.807, 2.05) is 11.3 Å². The van der Waals surface area contributed by atoms with Crippen LogP contribution in [-0.4, -0.2) is 47.8 Å². The molecule has 4 rings (SSSR count). The molecule has 0 unspecified atom stereocenters. The maximum Gasteiger partial charge on any atom is 0.494 e. The number of hydrogen-bond acceptors (Lipinski definition) is 5. The third-order valence-electron chi connectivity index (χ3n) is 6.34. The number of piperidine rings is 1. The van der Waals surface area contributed by atoms with Gasteiger partial charge in [-0.15, -0.1) is 11.3 Å². The minimum absolute atomic E-state index is 0.312. The van der Waals surface area contributed by atoms with Crippen LogP contribution >= 0.6 is 11.3 Å². The predicted octanol–water partition coefficient (Wildman–Crippen LogP) is 3.79. The van der Waals surface area contributed by atoms with Gasteiger partial charge in [0.1, 0.15) is 0 Å². The molecule has 140 valence electrons. The number of thiazole rings is 1. The molecule has 4 nitrogen and oxygen atoms in total. The van der Waals surface area contributed by atoms with Gasteiger partial charge >= 0.3 is 7.12 Å². The Morgan fingerprint density at radius 3 is 2.42 bits per heavy atom. The van der Waals surface area contributed by atoms with E-state index in [9.17, 15) is 0 Å². The van der Waals surface area contributed by atoms with Crippen molar-refractivity contribution in [1.82, 2.24) is 9.88 Å². The molecule has 3 heterocycles. The van der Waals surface area contributed by atoms with Gasteiger partial charge in [-0.05, 0) is 77.8 Å². The van der Waals surface area contributed by atoms with Crippen LogP contribution in [0.25, 0.3) is 10.2 Å². The van der Waals surface area contributed by atoms with Crippen molar-refractivity contribution in [2.24, 2.45) is 0 Å². The van der Waals surface area contributed by atoms with E-state index in [1.54, 1.807) is 0 Å². The molecule has 2 aromatic rings. The number of fused-ring (bicyclic) bond motifs is 1. The quantitative estimate of drug-likeness (QED) is 0.768. The minimum Gasteiger partial charge on any atom is -0.399 e. The fourth-order valence-corrected chi connectivity index (χ4v) is 4.88. The summed E-state index contributed by atoms with van der Waals surface area (Å²) >= 11 is 1.85. The predicted molar refractivity (Wildman–Crippen MR) is 109 cm³/mol. The zero-order chi connectivity index (χ0) is 18.5. The maximum atomic E-state index is 6.19. The molecular formula is C20H29BN2O2S. The molecule has 0 spiro atoms. The van der Waals surface area contributed by atoms with Crippen LogP contribution in [0.5, 0.6) is 0 Å². The van der Waals surface area contributed by atoms with Gasteiger partial charge in [-0.3, -0.25) is 0 Å². The average molecular weight is 372 g/mol. The Morgan fingerprint density at radius 2 is 1.81 bits per heavy atom. The summed E-state index contributed by atoms with van der Waals surface area (Å²) in [6.07, 6.45) is 2.44. The van der Waals surface area contributed by atoms with Crippen LogP contribution < -0.4 is 5.46 Å². The number of benzene rings is 1. The Bertz CT molecular complexity index is 780. The van der Waals surface area contributed by atoms with Gasteiger partial charge in [-0.1, -0.05) is 13.0 Å². The summed E-state index contributed by atoms with van der Waals surface area (Å²) in [5.41, 5.74) is 1.52. The van der Waals surface area contributed by atoms with E-state index < -0.39 is 0 Å². The molecule has 2 saturated heterocycles. The molecule has 0 aliphatic carbocycles. The normalized spacial score (nSPS) is 23.8. The smallest absolute Gasteiger partial charge is 0.399 e. The highest BCUT2D eigenvalue weighted by atomic mass is 32.1. The largest absolute Gasteiger partial charge is 0.494 e. The van der Waals surface area contributed by atoms with Crippen molar-refractivity contribution < 1.29 is 9.31 Å². The number of rotatable bonds is 3. The molecule has 0 bridgehead atoms. The van der Waals surface area contributed by atoms with Crippen LogP contribution in [0.15, 0.2) is 18.2 Å². The summed E-state index contributed by atoms with van der Waals surface area (Å²) in [5.74, 6) is 0.607. The van der Waals surface area contributed by atoms with E-state index in [1.165, 1.54) is 35.6 Å². The highest BCUT2D eigenvalue weighted by molar-refractivity contribution is 7.18. The van der Waals surface area contributed by atoms with E-state index in [2.05, 4.69) is 57.7 Å². The Hall–Kier alpha value is -0.945. The van der Waals surface area contributed by atoms with Crippen molar-refractivity contribution in [3.63, 3.8) is 0 Å². The van der Waals surface area contributed by atoms with Crippen molar-refractivity contribution >= 4 is 34.1 Å². The van der Waals surface area contributed by atoms with Crippen LogP contribution in [0.1, 0.15) is 58.4 Å². The van der Waals surface area contributed by atoms with Crippen LogP contribution in [0.2, 0.25) is 0 Å². The molecule has 1 aromatic heterocycles. The number of likely N-dealkylation sites (tertiary alicyclic amines) is 1. The lowest BCUT2D eigenvalue weighted by Gasteiger charge is -2.32. The second-order valence-corrected chi connectivity index (χ2v) is 9.64. The third kappa shape index (κ3) is 3.22. The van der Waals surface area contributed by atoms with Gasteiger partial charge in [0.25, 0.3) is 0 Å². The standard InChI is InChI=1S/C20H29BN2O2S/c1-6-23-11-9-14(10-12-23)18-22-16-13-15(7-8-17(16)26-18)21-24-19(2,3)20(4,5)25-21/h7-8,13-14H,6,9-12H2,1-5H3. The summed E-state index contributed by atoms with van der Waals surface area (Å²) in [6.45, 7) is 14.2. The first kappa shape index (κ1) is 18.4. The van der Waals surface area contributed by atoms with E-state index >= 15 is 0 Å². The van der Waals surface area contributed by atoms with Crippen molar-refractivity contribution in [3.8, 4) is 0 Å². The summed E-state index contributed by atoms with van der Waals surface area (Å²) in [5, 5.41) is 1.29. The number of hydrogen-bond donors (Lipinski definition) is 0. The molecule has 0 amide bonds. The number of nitrogens with zero attached hydrogens (tertiary/aromatic N) is 2. The fraction of sp³-hybridized carbons (Fsp3) is 0.650. The summed E-state index contributed by atoms with van der Waals surface area (Å²) in [7, 11) is -0.317. The molecule has 26 heavy (non-hydrogen) atoms. The van der Waals surface area contributed by atoms with E-state index in [4.69, 9.17) is 14.3 Å². The zero-order valence-corrected chi connectivity index (χ0v) is 17.4. The second-order valence-electron chi connectivity index (χ2n) is 8.58. The molecule has 0 atom stereocenters. The third-order valence-corrected chi connectivity index (χ3v) is 7.54. The van der Waals surface area contributed by atoms with Gasteiger partial charge in [0.15, 0.2) is 0 Å². The highest BCUT2D eigenvalue weighted by Crippen LogP contribution is 2.37. The summed E-state index contributed by atoms with van der Waals surface area (Å²) in [4.78, 5) is 7.51. The molecule has 2 fully saturated rings. The maximum absolute atomic E-state index is 6.19. The first-order valence-corrected chi connectivity index (χ1v) is 10.6. The minimum atomic E-state index is -0.317. The highest BCUT2D eigenvalue weighted by Gasteiger charge is 2.51. The van der Waals surface area contributed by atoms with E-state index in [-0.39, 0.29) is 18.3 Å².